The molecule has 0 aliphatic heterocycles. The minimum Gasteiger partial charge on any atom is -0.399 e. The molecule has 3 aromatic rings. The Morgan fingerprint density at radius 1 is 1.16 bits per heavy atom. The van der Waals surface area contributed by atoms with E-state index < -0.39 is 59.3 Å². The Balaban J connectivity index is 1.98. The van der Waals surface area contributed by atoms with E-state index in [1.165, 1.54) is 6.07 Å². The molecule has 0 bridgehead atoms. The number of aromatic nitrogens is 2. The van der Waals surface area contributed by atoms with Crippen LogP contribution in [0.3, 0.4) is 0 Å². The zero-order valence-corrected chi connectivity index (χ0v) is 20.2. The van der Waals surface area contributed by atoms with Crippen LogP contribution >= 0.6 is 0 Å². The molecule has 3 rings (SSSR count). The lowest BCUT2D eigenvalue weighted by Crippen LogP contribution is -2.35. The van der Waals surface area contributed by atoms with Crippen LogP contribution in [0.4, 0.5) is 33.5 Å². The second-order valence-corrected chi connectivity index (χ2v) is 8.61. The Labute approximate surface area is 213 Å². The maximum Gasteiger partial charge on any atom is 0.416 e. The van der Waals surface area contributed by atoms with Gasteiger partial charge in [-0.05, 0) is 38.1 Å². The first-order valence-electron chi connectivity index (χ1n) is 11.1. The van der Waals surface area contributed by atoms with Gasteiger partial charge >= 0.3 is 6.18 Å². The number of nitrogen functional groups attached to an aromatic ring is 2. The maximum atomic E-state index is 14.3. The summed E-state index contributed by atoms with van der Waals surface area (Å²) in [5.41, 5.74) is 7.83. The number of hydrogen-bond donors (Lipinski definition) is 5. The summed E-state index contributed by atoms with van der Waals surface area (Å²) in [4.78, 5) is 29.9. The molecule has 0 fully saturated rings. The Kier molecular flexibility index (Phi) is 8.03. The minimum absolute atomic E-state index is 0.112. The van der Waals surface area contributed by atoms with Crippen LogP contribution in [-0.2, 0) is 24.1 Å². The van der Waals surface area contributed by atoms with E-state index in [-0.39, 0.29) is 34.4 Å². The van der Waals surface area contributed by atoms with E-state index in [9.17, 15) is 31.5 Å². The lowest BCUT2D eigenvalue weighted by atomic mass is 10.1. The SMILES string of the molecule is CC(C)Nc1ncc(-c2cc(N)cc(C(F)(F)F)c2)n(CC(=O)NCc2ccc(C(=N)N)c(F)c2F)c1=O. The highest BCUT2D eigenvalue weighted by atomic mass is 19.4. The monoisotopic (exact) mass is 537 g/mol. The molecule has 0 saturated carbocycles. The second-order valence-electron chi connectivity index (χ2n) is 8.61. The molecular formula is C24H24F5N7O2. The summed E-state index contributed by atoms with van der Waals surface area (Å²) in [5.74, 6) is -4.33. The van der Waals surface area contributed by atoms with Crippen LogP contribution in [0.15, 0.2) is 41.3 Å². The molecule has 1 amide bonds. The summed E-state index contributed by atoms with van der Waals surface area (Å²) in [6.07, 6.45) is -3.60. The number of nitrogens with one attached hydrogen (secondary N) is 3. The van der Waals surface area contributed by atoms with Crippen molar-refractivity contribution in [3.8, 4) is 11.3 Å². The Bertz CT molecular complexity index is 1450. The molecule has 0 spiro atoms. The molecule has 0 aliphatic carbocycles. The molecule has 9 nitrogen and oxygen atoms in total. The maximum absolute atomic E-state index is 14.3. The van der Waals surface area contributed by atoms with Gasteiger partial charge in [0.05, 0.1) is 23.0 Å². The van der Waals surface area contributed by atoms with Crippen LogP contribution < -0.4 is 27.7 Å². The van der Waals surface area contributed by atoms with Crippen molar-refractivity contribution in [2.24, 2.45) is 5.73 Å². The summed E-state index contributed by atoms with van der Waals surface area (Å²) in [6.45, 7) is 2.28. The molecule has 0 saturated heterocycles. The molecular weight excluding hydrogens is 513 g/mol. The van der Waals surface area contributed by atoms with Crippen LogP contribution in [0, 0.1) is 17.0 Å². The lowest BCUT2D eigenvalue weighted by molar-refractivity contribution is -0.137. The van der Waals surface area contributed by atoms with Gasteiger partial charge in [-0.1, -0.05) is 6.07 Å². The number of anilines is 2. The van der Waals surface area contributed by atoms with Crippen molar-refractivity contribution < 1.29 is 26.7 Å². The first kappa shape index (κ1) is 28.1. The third-order valence-electron chi connectivity index (χ3n) is 5.29. The van der Waals surface area contributed by atoms with Gasteiger partial charge in [-0.15, -0.1) is 0 Å². The highest BCUT2D eigenvalue weighted by Gasteiger charge is 2.31. The van der Waals surface area contributed by atoms with Crippen molar-refractivity contribution in [2.75, 3.05) is 11.1 Å². The number of rotatable bonds is 8. The van der Waals surface area contributed by atoms with E-state index >= 15 is 0 Å². The third-order valence-corrected chi connectivity index (χ3v) is 5.29. The fourth-order valence-electron chi connectivity index (χ4n) is 3.54. The van der Waals surface area contributed by atoms with Crippen molar-refractivity contribution in [1.82, 2.24) is 14.9 Å². The number of alkyl halides is 3. The number of carbonyl (C=O) groups excluding carboxylic acids is 1. The van der Waals surface area contributed by atoms with Crippen LogP contribution in [0.1, 0.15) is 30.5 Å². The van der Waals surface area contributed by atoms with Crippen molar-refractivity contribution in [2.45, 2.75) is 39.2 Å². The number of nitrogens with zero attached hydrogens (tertiary/aromatic N) is 2. The van der Waals surface area contributed by atoms with E-state index in [1.54, 1.807) is 13.8 Å². The number of amidine groups is 1. The average molecular weight is 537 g/mol. The van der Waals surface area contributed by atoms with Gasteiger partial charge in [-0.2, -0.15) is 13.2 Å². The van der Waals surface area contributed by atoms with Gasteiger partial charge in [0.15, 0.2) is 17.5 Å². The first-order valence-corrected chi connectivity index (χ1v) is 11.1. The van der Waals surface area contributed by atoms with Gasteiger partial charge in [0.2, 0.25) is 5.91 Å². The highest BCUT2D eigenvalue weighted by Crippen LogP contribution is 2.34. The zero-order valence-electron chi connectivity index (χ0n) is 20.2. The van der Waals surface area contributed by atoms with Crippen LogP contribution in [0.5, 0.6) is 0 Å². The van der Waals surface area contributed by atoms with Crippen molar-refractivity contribution in [3.63, 3.8) is 0 Å². The Morgan fingerprint density at radius 2 is 1.84 bits per heavy atom. The molecule has 202 valence electrons. The van der Waals surface area contributed by atoms with Gasteiger partial charge in [0, 0.05) is 29.4 Å². The molecule has 1 aromatic heterocycles. The van der Waals surface area contributed by atoms with E-state index in [4.69, 9.17) is 16.9 Å². The lowest BCUT2D eigenvalue weighted by Gasteiger charge is -2.17. The number of hydrogen-bond acceptors (Lipinski definition) is 6. The number of amides is 1. The average Bonchev–Trinajstić information content (AvgIpc) is 2.81. The number of nitrogens with two attached hydrogens (primary N) is 2. The van der Waals surface area contributed by atoms with Gasteiger partial charge in [0.25, 0.3) is 5.56 Å². The topological polar surface area (TPSA) is 152 Å². The van der Waals surface area contributed by atoms with Crippen molar-refractivity contribution in [1.29, 1.82) is 5.41 Å². The molecule has 14 heteroatoms. The molecule has 0 unspecified atom stereocenters. The van der Waals surface area contributed by atoms with Gasteiger partial charge in [-0.3, -0.25) is 19.6 Å². The number of benzene rings is 2. The van der Waals surface area contributed by atoms with Gasteiger partial charge < -0.3 is 22.1 Å². The van der Waals surface area contributed by atoms with E-state index in [0.717, 1.165) is 35.0 Å². The normalized spacial score (nSPS) is 11.5. The number of halogens is 5. The summed E-state index contributed by atoms with van der Waals surface area (Å²) in [6, 6.07) is 4.68. The molecule has 0 aliphatic rings. The Morgan fingerprint density at radius 3 is 2.45 bits per heavy atom. The van der Waals surface area contributed by atoms with E-state index in [0.29, 0.717) is 0 Å². The van der Waals surface area contributed by atoms with Gasteiger partial charge in [-0.25, -0.2) is 13.8 Å². The first-order chi connectivity index (χ1) is 17.7. The van der Waals surface area contributed by atoms with Gasteiger partial charge in [0.1, 0.15) is 12.4 Å². The quantitative estimate of drug-likeness (QED) is 0.129. The molecule has 38 heavy (non-hydrogen) atoms. The smallest absolute Gasteiger partial charge is 0.399 e. The standard InChI is InChI=1S/C24H24F5N7O2/c1-11(2)35-22-23(38)36(17(9-34-22)13-5-14(24(27,28)29)7-15(30)6-13)10-18(37)33-8-12-3-4-16(21(31)32)20(26)19(12)25/h3-7,9,11H,8,10,30H2,1-2H3,(H3,31,32)(H,33,37)(H,34,35). The van der Waals surface area contributed by atoms with Crippen molar-refractivity contribution >= 4 is 23.2 Å². The van der Waals surface area contributed by atoms with Crippen molar-refractivity contribution in [3.05, 3.63) is 75.2 Å². The second kappa shape index (κ2) is 10.9. The summed E-state index contributed by atoms with van der Waals surface area (Å²) in [5, 5.41) is 12.4. The summed E-state index contributed by atoms with van der Waals surface area (Å²) < 4.78 is 69.4. The fourth-order valence-corrected chi connectivity index (χ4v) is 3.54. The minimum atomic E-state index is -4.73. The predicted octanol–water partition coefficient (Wildman–Crippen LogP) is 3.21. The zero-order chi connectivity index (χ0) is 28.4. The molecule has 0 atom stereocenters. The van der Waals surface area contributed by atoms with Crippen LogP contribution in [-0.4, -0.2) is 27.3 Å². The molecule has 2 aromatic carbocycles. The summed E-state index contributed by atoms with van der Waals surface area (Å²) in [7, 11) is 0. The third kappa shape index (κ3) is 6.25. The fraction of sp³-hybridized carbons (Fsp3) is 0.250. The van der Waals surface area contributed by atoms with E-state index in [1.807, 2.05) is 0 Å². The number of carbonyl (C=O) groups is 1. The molecule has 7 N–H and O–H groups in total. The molecule has 0 radical (unpaired) electrons. The Hall–Kier alpha value is -4.49. The largest absolute Gasteiger partial charge is 0.416 e. The summed E-state index contributed by atoms with van der Waals surface area (Å²) >= 11 is 0. The van der Waals surface area contributed by atoms with Crippen LogP contribution in [0.2, 0.25) is 0 Å². The predicted molar refractivity (Wildman–Crippen MR) is 131 cm³/mol. The van der Waals surface area contributed by atoms with E-state index in [2.05, 4.69) is 15.6 Å². The molecule has 1 heterocycles. The highest BCUT2D eigenvalue weighted by molar-refractivity contribution is 5.95. The van der Waals surface area contributed by atoms with Crippen LogP contribution in [0.25, 0.3) is 11.3 Å².